The van der Waals surface area contributed by atoms with Crippen molar-refractivity contribution in [2.75, 3.05) is 25.1 Å². The first-order valence-electron chi connectivity index (χ1n) is 6.47. The number of non-ortho nitro benzene ring substituents is 1. The third-order valence-corrected chi connectivity index (χ3v) is 3.12. The molecule has 0 unspecified atom stereocenters. The van der Waals surface area contributed by atoms with Crippen molar-refractivity contribution in [3.8, 4) is 5.75 Å². The fourth-order valence-electron chi connectivity index (χ4n) is 2.08. The molecule has 0 bridgehead atoms. The zero-order chi connectivity index (χ0) is 16.3. The standard InChI is InChI=1S/C13H15N3O6/c1-8(17)14-6-10-7-15(13(18)22-10)11-4-3-9(16(19)20)5-12(11)21-2/h3-5,10H,6-7H2,1-2H3,(H,14,17)/t10-/m0/s1. The Kier molecular flexibility index (Phi) is 4.44. The van der Waals surface area contributed by atoms with Crippen LogP contribution in [0.15, 0.2) is 18.2 Å². The summed E-state index contributed by atoms with van der Waals surface area (Å²) in [5, 5.41) is 13.3. The first-order valence-corrected chi connectivity index (χ1v) is 6.47. The largest absolute Gasteiger partial charge is 0.494 e. The quantitative estimate of drug-likeness (QED) is 0.643. The molecule has 0 spiro atoms. The number of amides is 2. The first kappa shape index (κ1) is 15.5. The maximum atomic E-state index is 11.9. The fraction of sp³-hybridized carbons (Fsp3) is 0.385. The summed E-state index contributed by atoms with van der Waals surface area (Å²) in [4.78, 5) is 34.3. The number of rotatable bonds is 5. The van der Waals surface area contributed by atoms with E-state index in [4.69, 9.17) is 9.47 Å². The topological polar surface area (TPSA) is 111 Å². The Bertz CT molecular complexity index is 618. The lowest BCUT2D eigenvalue weighted by molar-refractivity contribution is -0.384. The molecule has 1 aliphatic rings. The maximum Gasteiger partial charge on any atom is 0.414 e. The third-order valence-electron chi connectivity index (χ3n) is 3.12. The number of carbonyl (C=O) groups is 2. The number of nitro benzene ring substituents is 1. The summed E-state index contributed by atoms with van der Waals surface area (Å²) < 4.78 is 10.2. The number of carbonyl (C=O) groups excluding carboxylic acids is 2. The highest BCUT2D eigenvalue weighted by atomic mass is 16.6. The van der Waals surface area contributed by atoms with Crippen molar-refractivity contribution in [2.24, 2.45) is 0 Å². The zero-order valence-corrected chi connectivity index (χ0v) is 12.1. The molecule has 0 saturated carbocycles. The number of ether oxygens (including phenoxy) is 2. The second kappa shape index (κ2) is 6.29. The van der Waals surface area contributed by atoms with Gasteiger partial charge in [-0.15, -0.1) is 0 Å². The van der Waals surface area contributed by atoms with Gasteiger partial charge in [0.15, 0.2) is 0 Å². The van der Waals surface area contributed by atoms with Crippen molar-refractivity contribution in [1.82, 2.24) is 5.32 Å². The first-order chi connectivity index (χ1) is 10.4. The Hall–Kier alpha value is -2.84. The van der Waals surface area contributed by atoms with Crippen molar-refractivity contribution in [3.63, 3.8) is 0 Å². The Labute approximate surface area is 125 Å². The highest BCUT2D eigenvalue weighted by Gasteiger charge is 2.34. The van der Waals surface area contributed by atoms with Crippen LogP contribution in [-0.4, -0.2) is 43.2 Å². The molecule has 1 atom stereocenters. The summed E-state index contributed by atoms with van der Waals surface area (Å²) in [5.41, 5.74) is 0.242. The number of nitrogens with one attached hydrogen (secondary N) is 1. The lowest BCUT2D eigenvalue weighted by atomic mass is 10.2. The second-order valence-corrected chi connectivity index (χ2v) is 4.67. The number of nitro groups is 1. The van der Waals surface area contributed by atoms with Crippen LogP contribution >= 0.6 is 0 Å². The fourth-order valence-corrected chi connectivity index (χ4v) is 2.08. The molecule has 1 fully saturated rings. The molecule has 22 heavy (non-hydrogen) atoms. The number of benzene rings is 1. The zero-order valence-electron chi connectivity index (χ0n) is 12.1. The van der Waals surface area contributed by atoms with E-state index in [1.165, 1.54) is 37.1 Å². The molecule has 2 rings (SSSR count). The van der Waals surface area contributed by atoms with Gasteiger partial charge in [-0.05, 0) is 6.07 Å². The third kappa shape index (κ3) is 3.25. The molecular weight excluding hydrogens is 294 g/mol. The lowest BCUT2D eigenvalue weighted by Crippen LogP contribution is -2.33. The molecular formula is C13H15N3O6. The van der Waals surface area contributed by atoms with Crippen LogP contribution in [0.2, 0.25) is 0 Å². The van der Waals surface area contributed by atoms with Gasteiger partial charge in [0, 0.05) is 13.0 Å². The highest BCUT2D eigenvalue weighted by molar-refractivity contribution is 5.92. The Morgan fingerprint density at radius 2 is 2.32 bits per heavy atom. The number of methoxy groups -OCH3 is 1. The van der Waals surface area contributed by atoms with E-state index in [2.05, 4.69) is 5.32 Å². The van der Waals surface area contributed by atoms with Crippen LogP contribution in [0.3, 0.4) is 0 Å². The van der Waals surface area contributed by atoms with E-state index < -0.39 is 17.1 Å². The summed E-state index contributed by atoms with van der Waals surface area (Å²) in [7, 11) is 1.36. The Morgan fingerprint density at radius 1 is 1.59 bits per heavy atom. The number of anilines is 1. The van der Waals surface area contributed by atoms with E-state index in [1.807, 2.05) is 0 Å². The Balaban J connectivity index is 2.19. The van der Waals surface area contributed by atoms with Gasteiger partial charge in [0.2, 0.25) is 5.91 Å². The molecule has 9 heteroatoms. The SMILES string of the molecule is COc1cc([N+](=O)[O-])ccc1N1C[C@H](CNC(C)=O)OC1=O. The van der Waals surface area contributed by atoms with Gasteiger partial charge in [-0.1, -0.05) is 0 Å². The summed E-state index contributed by atoms with van der Waals surface area (Å²) in [6.45, 7) is 1.79. The van der Waals surface area contributed by atoms with Gasteiger partial charge < -0.3 is 14.8 Å². The summed E-state index contributed by atoms with van der Waals surface area (Å²) in [6.07, 6.45) is -1.08. The maximum absolute atomic E-state index is 11.9. The second-order valence-electron chi connectivity index (χ2n) is 4.67. The van der Waals surface area contributed by atoms with Gasteiger partial charge in [-0.25, -0.2) is 4.79 Å². The summed E-state index contributed by atoms with van der Waals surface area (Å²) in [5.74, 6) is -0.0197. The van der Waals surface area contributed by atoms with Gasteiger partial charge in [-0.3, -0.25) is 19.8 Å². The monoisotopic (exact) mass is 309 g/mol. The van der Waals surface area contributed by atoms with Crippen molar-refractivity contribution >= 4 is 23.4 Å². The van der Waals surface area contributed by atoms with Crippen LogP contribution in [0.25, 0.3) is 0 Å². The molecule has 1 aromatic carbocycles. The summed E-state index contributed by atoms with van der Waals surface area (Å²) in [6, 6.07) is 3.95. The Morgan fingerprint density at radius 3 is 2.91 bits per heavy atom. The molecule has 9 nitrogen and oxygen atoms in total. The van der Waals surface area contributed by atoms with Gasteiger partial charge in [0.1, 0.15) is 11.9 Å². The van der Waals surface area contributed by atoms with Crippen LogP contribution in [0.1, 0.15) is 6.92 Å². The van der Waals surface area contributed by atoms with Crippen molar-refractivity contribution in [3.05, 3.63) is 28.3 Å². The molecule has 0 aliphatic carbocycles. The van der Waals surface area contributed by atoms with E-state index in [-0.39, 0.29) is 30.4 Å². The van der Waals surface area contributed by atoms with Crippen LogP contribution in [0, 0.1) is 10.1 Å². The van der Waals surface area contributed by atoms with Crippen molar-refractivity contribution in [2.45, 2.75) is 13.0 Å². The lowest BCUT2D eigenvalue weighted by Gasteiger charge is -2.16. The molecule has 0 aromatic heterocycles. The molecule has 1 aliphatic heterocycles. The molecule has 1 saturated heterocycles. The van der Waals surface area contributed by atoms with Gasteiger partial charge in [-0.2, -0.15) is 0 Å². The molecule has 1 aromatic rings. The number of cyclic esters (lactones) is 1. The van der Waals surface area contributed by atoms with E-state index >= 15 is 0 Å². The minimum Gasteiger partial charge on any atom is -0.494 e. The van der Waals surface area contributed by atoms with Crippen molar-refractivity contribution < 1.29 is 24.0 Å². The predicted molar refractivity (Wildman–Crippen MR) is 75.9 cm³/mol. The number of hydrogen-bond donors (Lipinski definition) is 1. The smallest absolute Gasteiger partial charge is 0.414 e. The van der Waals surface area contributed by atoms with Gasteiger partial charge >= 0.3 is 6.09 Å². The van der Waals surface area contributed by atoms with Gasteiger partial charge in [0.25, 0.3) is 5.69 Å². The van der Waals surface area contributed by atoms with Crippen LogP contribution in [-0.2, 0) is 9.53 Å². The molecule has 1 heterocycles. The predicted octanol–water partition coefficient (Wildman–Crippen LogP) is 1.06. The average molecular weight is 309 g/mol. The van der Waals surface area contributed by atoms with Gasteiger partial charge in [0.05, 0.1) is 36.9 Å². The summed E-state index contributed by atoms with van der Waals surface area (Å²) >= 11 is 0. The van der Waals surface area contributed by atoms with E-state index in [1.54, 1.807) is 0 Å². The van der Waals surface area contributed by atoms with E-state index in [0.717, 1.165) is 0 Å². The molecule has 1 N–H and O–H groups in total. The number of nitrogens with zero attached hydrogens (tertiary/aromatic N) is 2. The van der Waals surface area contributed by atoms with E-state index in [0.29, 0.717) is 5.69 Å². The minimum absolute atomic E-state index is 0.136. The minimum atomic E-state index is -0.595. The van der Waals surface area contributed by atoms with Crippen LogP contribution in [0.4, 0.5) is 16.2 Å². The van der Waals surface area contributed by atoms with E-state index in [9.17, 15) is 19.7 Å². The number of hydrogen-bond acceptors (Lipinski definition) is 6. The van der Waals surface area contributed by atoms with Crippen LogP contribution in [0.5, 0.6) is 5.75 Å². The molecule has 2 amide bonds. The van der Waals surface area contributed by atoms with Crippen molar-refractivity contribution in [1.29, 1.82) is 0 Å². The molecule has 118 valence electrons. The molecule has 0 radical (unpaired) electrons. The average Bonchev–Trinajstić information content (AvgIpc) is 2.85. The highest BCUT2D eigenvalue weighted by Crippen LogP contribution is 2.34. The normalized spacial score (nSPS) is 17.1. The van der Waals surface area contributed by atoms with Crippen LogP contribution < -0.4 is 15.0 Å².